The lowest BCUT2D eigenvalue weighted by molar-refractivity contribution is -0.170. The van der Waals surface area contributed by atoms with E-state index in [1.165, 1.54) is 7.11 Å². The van der Waals surface area contributed by atoms with Crippen LogP contribution in [0.25, 0.3) is 6.08 Å². The number of carbonyl (C=O) groups is 1. The molecule has 4 nitrogen and oxygen atoms in total. The summed E-state index contributed by atoms with van der Waals surface area (Å²) in [5.74, 6) is 0.450. The zero-order chi connectivity index (χ0) is 12.7. The molecule has 0 spiro atoms. The Kier molecular flexibility index (Phi) is 5.23. The Balaban J connectivity index is 2.66. The smallest absolute Gasteiger partial charge is 0.283 e. The zero-order valence-electron chi connectivity index (χ0n) is 10.3. The molecule has 0 fully saturated rings. The molecule has 0 radical (unpaired) electrons. The highest BCUT2D eigenvalue weighted by Crippen LogP contribution is 2.19. The molecule has 0 saturated heterocycles. The van der Waals surface area contributed by atoms with Gasteiger partial charge in [-0.1, -0.05) is 30.4 Å². The predicted octanol–water partition coefficient (Wildman–Crippen LogP) is 2.12. The maximum absolute atomic E-state index is 11.5. The van der Waals surface area contributed by atoms with Crippen molar-refractivity contribution in [2.75, 3.05) is 20.8 Å². The Bertz CT molecular complexity index is 401. The van der Waals surface area contributed by atoms with Gasteiger partial charge in [0, 0.05) is 12.6 Å². The van der Waals surface area contributed by atoms with Crippen LogP contribution in [0.5, 0.6) is 5.75 Å². The number of para-hydroxylation sites is 1. The van der Waals surface area contributed by atoms with E-state index in [2.05, 4.69) is 0 Å². The monoisotopic (exact) mass is 235 g/mol. The number of amides is 1. The van der Waals surface area contributed by atoms with Gasteiger partial charge in [-0.2, -0.15) is 0 Å². The van der Waals surface area contributed by atoms with Gasteiger partial charge >= 0.3 is 0 Å². The third-order valence-corrected chi connectivity index (χ3v) is 2.24. The van der Waals surface area contributed by atoms with E-state index in [0.29, 0.717) is 5.75 Å². The standard InChI is InChI=1S/C13H17NO3/c1-4-7-11-8-5-6-9-12(11)17-10-13(15)14(2)16-3/h4-9H,10H2,1-3H3. The second-order valence-electron chi connectivity index (χ2n) is 3.40. The number of hydrogen-bond donors (Lipinski definition) is 0. The van der Waals surface area contributed by atoms with E-state index >= 15 is 0 Å². The number of carbonyl (C=O) groups excluding carboxylic acids is 1. The van der Waals surface area contributed by atoms with Gasteiger partial charge in [-0.05, 0) is 13.0 Å². The molecule has 0 atom stereocenters. The second kappa shape index (κ2) is 6.70. The lowest BCUT2D eigenvalue weighted by atomic mass is 10.2. The van der Waals surface area contributed by atoms with Crippen molar-refractivity contribution in [1.82, 2.24) is 5.06 Å². The first-order chi connectivity index (χ1) is 8.19. The molecule has 17 heavy (non-hydrogen) atoms. The molecule has 0 aliphatic rings. The maximum Gasteiger partial charge on any atom is 0.283 e. The number of nitrogens with zero attached hydrogens (tertiary/aromatic N) is 1. The second-order valence-corrected chi connectivity index (χ2v) is 3.40. The molecule has 4 heteroatoms. The molecule has 0 saturated carbocycles. The molecule has 0 aliphatic carbocycles. The summed E-state index contributed by atoms with van der Waals surface area (Å²) in [6.45, 7) is 1.89. The van der Waals surface area contributed by atoms with Gasteiger partial charge in [0.05, 0.1) is 7.11 Å². The summed E-state index contributed by atoms with van der Waals surface area (Å²) >= 11 is 0. The molecule has 0 aromatic heterocycles. The van der Waals surface area contributed by atoms with Crippen molar-refractivity contribution in [2.24, 2.45) is 0 Å². The fourth-order valence-electron chi connectivity index (χ4n) is 1.26. The molecule has 1 rings (SSSR count). The van der Waals surface area contributed by atoms with Crippen LogP contribution in [-0.2, 0) is 9.63 Å². The van der Waals surface area contributed by atoms with Crippen LogP contribution in [0.3, 0.4) is 0 Å². The summed E-state index contributed by atoms with van der Waals surface area (Å²) in [6, 6.07) is 7.55. The molecule has 1 amide bonds. The predicted molar refractivity (Wildman–Crippen MR) is 66.4 cm³/mol. The normalized spacial score (nSPS) is 10.5. The summed E-state index contributed by atoms with van der Waals surface area (Å²) in [4.78, 5) is 16.2. The van der Waals surface area contributed by atoms with Crippen LogP contribution in [-0.4, -0.2) is 31.7 Å². The van der Waals surface area contributed by atoms with E-state index in [1.54, 1.807) is 7.05 Å². The van der Waals surface area contributed by atoms with Gasteiger partial charge in [0.15, 0.2) is 6.61 Å². The molecule has 0 unspecified atom stereocenters. The van der Waals surface area contributed by atoms with Gasteiger partial charge in [-0.25, -0.2) is 5.06 Å². The van der Waals surface area contributed by atoms with Gasteiger partial charge in [0.2, 0.25) is 0 Å². The van der Waals surface area contributed by atoms with Crippen molar-refractivity contribution in [3.8, 4) is 5.75 Å². The van der Waals surface area contributed by atoms with Crippen LogP contribution in [0.2, 0.25) is 0 Å². The van der Waals surface area contributed by atoms with Crippen LogP contribution in [0.4, 0.5) is 0 Å². The van der Waals surface area contributed by atoms with E-state index in [4.69, 9.17) is 9.57 Å². The molecule has 1 aromatic rings. The fourth-order valence-corrected chi connectivity index (χ4v) is 1.26. The first-order valence-corrected chi connectivity index (χ1v) is 5.34. The van der Waals surface area contributed by atoms with Crippen LogP contribution in [0, 0.1) is 0 Å². The minimum Gasteiger partial charge on any atom is -0.483 e. The first kappa shape index (κ1) is 13.3. The van der Waals surface area contributed by atoms with Gasteiger partial charge in [-0.15, -0.1) is 0 Å². The number of allylic oxidation sites excluding steroid dienone is 1. The van der Waals surface area contributed by atoms with E-state index in [9.17, 15) is 4.79 Å². The van der Waals surface area contributed by atoms with Gasteiger partial charge in [-0.3, -0.25) is 9.63 Å². The molecular weight excluding hydrogens is 218 g/mol. The largest absolute Gasteiger partial charge is 0.483 e. The third kappa shape index (κ3) is 3.92. The SMILES string of the molecule is CC=Cc1ccccc1OCC(=O)N(C)OC. The molecular formula is C13H17NO3. The zero-order valence-corrected chi connectivity index (χ0v) is 10.3. The number of hydroxylamine groups is 2. The molecule has 92 valence electrons. The molecule has 0 bridgehead atoms. The summed E-state index contributed by atoms with van der Waals surface area (Å²) in [5, 5.41) is 1.14. The van der Waals surface area contributed by atoms with E-state index in [1.807, 2.05) is 43.3 Å². The molecule has 0 aliphatic heterocycles. The Labute approximate surface area is 101 Å². The minimum absolute atomic E-state index is 0.0428. The van der Waals surface area contributed by atoms with Crippen LogP contribution >= 0.6 is 0 Å². The molecule has 0 N–H and O–H groups in total. The quantitative estimate of drug-likeness (QED) is 0.734. The summed E-state index contributed by atoms with van der Waals surface area (Å²) in [5.41, 5.74) is 0.947. The van der Waals surface area contributed by atoms with E-state index < -0.39 is 0 Å². The Morgan fingerprint density at radius 2 is 2.12 bits per heavy atom. The maximum atomic E-state index is 11.5. The third-order valence-electron chi connectivity index (χ3n) is 2.24. The van der Waals surface area contributed by atoms with Crippen molar-refractivity contribution in [3.05, 3.63) is 35.9 Å². The number of hydrogen-bond acceptors (Lipinski definition) is 3. The fraction of sp³-hybridized carbons (Fsp3) is 0.308. The first-order valence-electron chi connectivity index (χ1n) is 5.34. The number of benzene rings is 1. The van der Waals surface area contributed by atoms with Gasteiger partial charge in [0.25, 0.3) is 5.91 Å². The van der Waals surface area contributed by atoms with Crippen molar-refractivity contribution >= 4 is 12.0 Å². The van der Waals surface area contributed by atoms with Crippen molar-refractivity contribution in [1.29, 1.82) is 0 Å². The lowest BCUT2D eigenvalue weighted by Gasteiger charge is -2.14. The van der Waals surface area contributed by atoms with Gasteiger partial charge < -0.3 is 4.74 Å². The van der Waals surface area contributed by atoms with Crippen LogP contribution < -0.4 is 4.74 Å². The van der Waals surface area contributed by atoms with Crippen molar-refractivity contribution < 1.29 is 14.4 Å². The average Bonchev–Trinajstić information content (AvgIpc) is 2.36. The van der Waals surface area contributed by atoms with E-state index in [0.717, 1.165) is 10.6 Å². The highest BCUT2D eigenvalue weighted by atomic mass is 16.7. The topological polar surface area (TPSA) is 38.8 Å². The average molecular weight is 235 g/mol. The summed E-state index contributed by atoms with van der Waals surface area (Å²) < 4.78 is 5.45. The highest BCUT2D eigenvalue weighted by molar-refractivity contribution is 5.76. The lowest BCUT2D eigenvalue weighted by Crippen LogP contribution is -2.30. The Morgan fingerprint density at radius 3 is 2.76 bits per heavy atom. The van der Waals surface area contributed by atoms with Crippen LogP contribution in [0.1, 0.15) is 12.5 Å². The summed E-state index contributed by atoms with van der Waals surface area (Å²) in [6.07, 6.45) is 3.85. The Hall–Kier alpha value is -1.81. The van der Waals surface area contributed by atoms with Crippen LogP contribution in [0.15, 0.2) is 30.3 Å². The number of ether oxygens (including phenoxy) is 1. The van der Waals surface area contributed by atoms with E-state index in [-0.39, 0.29) is 12.5 Å². The number of rotatable bonds is 5. The van der Waals surface area contributed by atoms with Gasteiger partial charge in [0.1, 0.15) is 5.75 Å². The van der Waals surface area contributed by atoms with Crippen molar-refractivity contribution in [2.45, 2.75) is 6.92 Å². The minimum atomic E-state index is -0.234. The van der Waals surface area contributed by atoms with Crippen molar-refractivity contribution in [3.63, 3.8) is 0 Å². The molecule has 1 aromatic carbocycles. The highest BCUT2D eigenvalue weighted by Gasteiger charge is 2.09. The summed E-state index contributed by atoms with van der Waals surface area (Å²) in [7, 11) is 2.98. The molecule has 0 heterocycles. The Morgan fingerprint density at radius 1 is 1.41 bits per heavy atom. The number of likely N-dealkylation sites (N-methyl/N-ethyl adjacent to an activating group) is 1.